The van der Waals surface area contributed by atoms with Gasteiger partial charge in [-0.1, -0.05) is 12.1 Å². The molecule has 23 heavy (non-hydrogen) atoms. The zero-order chi connectivity index (χ0) is 16.2. The number of nitrogens with one attached hydrogen (secondary N) is 1. The molecule has 0 radical (unpaired) electrons. The number of hydrogen-bond donors (Lipinski definition) is 1. The minimum absolute atomic E-state index is 0.0771. The van der Waals surface area contributed by atoms with Crippen LogP contribution in [0.3, 0.4) is 0 Å². The van der Waals surface area contributed by atoms with Crippen molar-refractivity contribution in [2.45, 2.75) is 6.54 Å². The molecule has 1 N–H and O–H groups in total. The van der Waals surface area contributed by atoms with E-state index < -0.39 is 4.92 Å². The summed E-state index contributed by atoms with van der Waals surface area (Å²) in [5, 5.41) is 13.9. The van der Waals surface area contributed by atoms with E-state index in [1.54, 1.807) is 4.90 Å². The van der Waals surface area contributed by atoms with E-state index >= 15 is 0 Å². The summed E-state index contributed by atoms with van der Waals surface area (Å²) in [6.45, 7) is 1.25. The quantitative estimate of drug-likeness (QED) is 0.673. The Kier molecular flexibility index (Phi) is 4.05. The molecule has 1 saturated heterocycles. The Morgan fingerprint density at radius 2 is 2.22 bits per heavy atom. The molecule has 1 amide bonds. The molecule has 0 unspecified atom stereocenters. The molecule has 8 nitrogen and oxygen atoms in total. The number of hydrogen-bond acceptors (Lipinski definition) is 6. The SMILES string of the molecule is O=C1OCCN1c1cccc(CNc2ncccc2[N+](=O)[O-])c1. The predicted octanol–water partition coefficient (Wildman–Crippen LogP) is 2.56. The van der Waals surface area contributed by atoms with Crippen molar-refractivity contribution >= 4 is 23.3 Å². The number of amides is 1. The highest BCUT2D eigenvalue weighted by molar-refractivity contribution is 5.89. The summed E-state index contributed by atoms with van der Waals surface area (Å²) in [6, 6.07) is 10.3. The van der Waals surface area contributed by atoms with Crippen molar-refractivity contribution in [1.82, 2.24) is 4.98 Å². The van der Waals surface area contributed by atoms with Crippen LogP contribution in [0, 0.1) is 10.1 Å². The van der Waals surface area contributed by atoms with Crippen LogP contribution in [0.1, 0.15) is 5.56 Å². The first-order chi connectivity index (χ1) is 11.1. The van der Waals surface area contributed by atoms with Gasteiger partial charge in [0.05, 0.1) is 11.5 Å². The van der Waals surface area contributed by atoms with E-state index in [1.807, 2.05) is 24.3 Å². The summed E-state index contributed by atoms with van der Waals surface area (Å²) < 4.78 is 4.92. The first kappa shape index (κ1) is 14.8. The number of anilines is 2. The van der Waals surface area contributed by atoms with E-state index in [4.69, 9.17) is 4.74 Å². The third-order valence-electron chi connectivity index (χ3n) is 3.43. The minimum atomic E-state index is -0.480. The number of cyclic esters (lactones) is 1. The molecular weight excluding hydrogens is 300 g/mol. The van der Waals surface area contributed by atoms with Gasteiger partial charge >= 0.3 is 11.8 Å². The van der Waals surface area contributed by atoms with Crippen LogP contribution in [-0.4, -0.2) is 29.2 Å². The fraction of sp³-hybridized carbons (Fsp3) is 0.200. The van der Waals surface area contributed by atoms with Crippen LogP contribution in [0.25, 0.3) is 0 Å². The minimum Gasteiger partial charge on any atom is -0.447 e. The van der Waals surface area contributed by atoms with E-state index in [0.29, 0.717) is 19.7 Å². The number of aromatic nitrogens is 1. The van der Waals surface area contributed by atoms with E-state index in [1.165, 1.54) is 18.3 Å². The molecule has 1 fully saturated rings. The molecule has 118 valence electrons. The van der Waals surface area contributed by atoms with Gasteiger partial charge in [0.2, 0.25) is 5.82 Å². The largest absolute Gasteiger partial charge is 0.447 e. The van der Waals surface area contributed by atoms with Gasteiger partial charge in [0.25, 0.3) is 0 Å². The zero-order valence-electron chi connectivity index (χ0n) is 12.1. The van der Waals surface area contributed by atoms with Crippen LogP contribution >= 0.6 is 0 Å². The molecule has 1 aromatic carbocycles. The maximum absolute atomic E-state index is 11.6. The molecule has 2 aromatic rings. The molecule has 8 heteroatoms. The molecule has 0 atom stereocenters. The monoisotopic (exact) mass is 314 g/mol. The molecule has 0 spiro atoms. The Morgan fingerprint density at radius 3 is 2.96 bits per heavy atom. The Hall–Kier alpha value is -3.16. The average molecular weight is 314 g/mol. The second kappa shape index (κ2) is 6.30. The topological polar surface area (TPSA) is 97.6 Å². The molecule has 2 heterocycles. The van der Waals surface area contributed by atoms with E-state index in [-0.39, 0.29) is 17.6 Å². The fourth-order valence-electron chi connectivity index (χ4n) is 2.33. The van der Waals surface area contributed by atoms with Crippen LogP contribution < -0.4 is 10.2 Å². The number of ether oxygens (including phenoxy) is 1. The lowest BCUT2D eigenvalue weighted by Gasteiger charge is -2.14. The van der Waals surface area contributed by atoms with Crippen LogP contribution in [0.4, 0.5) is 22.0 Å². The number of benzene rings is 1. The molecule has 0 aliphatic carbocycles. The number of rotatable bonds is 5. The summed E-state index contributed by atoms with van der Waals surface area (Å²) in [5.41, 5.74) is 1.54. The molecule has 1 aliphatic rings. The maximum atomic E-state index is 11.6. The average Bonchev–Trinajstić information content (AvgIpc) is 2.99. The van der Waals surface area contributed by atoms with E-state index in [2.05, 4.69) is 10.3 Å². The Bertz CT molecular complexity index is 750. The molecular formula is C15H14N4O4. The Morgan fingerprint density at radius 1 is 1.35 bits per heavy atom. The number of pyridine rings is 1. The van der Waals surface area contributed by atoms with Crippen molar-refractivity contribution in [3.63, 3.8) is 0 Å². The van der Waals surface area contributed by atoms with Crippen LogP contribution in [0.2, 0.25) is 0 Å². The highest BCUT2D eigenvalue weighted by Crippen LogP contribution is 2.23. The second-order valence-electron chi connectivity index (χ2n) is 4.92. The van der Waals surface area contributed by atoms with Gasteiger partial charge in [-0.15, -0.1) is 0 Å². The Balaban J connectivity index is 1.74. The van der Waals surface area contributed by atoms with Gasteiger partial charge < -0.3 is 10.1 Å². The first-order valence-corrected chi connectivity index (χ1v) is 7.01. The van der Waals surface area contributed by atoms with Crippen molar-refractivity contribution < 1.29 is 14.5 Å². The summed E-state index contributed by atoms with van der Waals surface area (Å²) in [4.78, 5) is 27.6. The van der Waals surface area contributed by atoms with Crippen molar-refractivity contribution in [3.8, 4) is 0 Å². The molecule has 3 rings (SSSR count). The third-order valence-corrected chi connectivity index (χ3v) is 3.43. The molecule has 1 aromatic heterocycles. The summed E-state index contributed by atoms with van der Waals surface area (Å²) >= 11 is 0. The van der Waals surface area contributed by atoms with Crippen molar-refractivity contribution in [1.29, 1.82) is 0 Å². The van der Waals surface area contributed by atoms with Gasteiger partial charge in [0.1, 0.15) is 6.61 Å². The lowest BCUT2D eigenvalue weighted by molar-refractivity contribution is -0.384. The van der Waals surface area contributed by atoms with Crippen LogP contribution in [-0.2, 0) is 11.3 Å². The number of nitrogens with zero attached hydrogens (tertiary/aromatic N) is 3. The fourth-order valence-corrected chi connectivity index (χ4v) is 2.33. The summed E-state index contributed by atoms with van der Waals surface area (Å²) in [7, 11) is 0. The van der Waals surface area contributed by atoms with Gasteiger partial charge in [0.15, 0.2) is 0 Å². The summed E-state index contributed by atoms with van der Waals surface area (Å²) in [6.07, 6.45) is 1.13. The first-order valence-electron chi connectivity index (χ1n) is 7.01. The van der Waals surface area contributed by atoms with E-state index in [0.717, 1.165) is 11.3 Å². The van der Waals surface area contributed by atoms with Gasteiger partial charge in [-0.05, 0) is 23.8 Å². The number of carbonyl (C=O) groups excluding carboxylic acids is 1. The maximum Gasteiger partial charge on any atom is 0.414 e. The van der Waals surface area contributed by atoms with Crippen molar-refractivity contribution in [2.75, 3.05) is 23.4 Å². The van der Waals surface area contributed by atoms with Crippen molar-refractivity contribution in [3.05, 3.63) is 58.3 Å². The summed E-state index contributed by atoms with van der Waals surface area (Å²) in [5.74, 6) is 0.212. The lowest BCUT2D eigenvalue weighted by Crippen LogP contribution is -2.23. The van der Waals surface area contributed by atoms with Gasteiger partial charge in [0, 0.05) is 24.5 Å². The van der Waals surface area contributed by atoms with Crippen LogP contribution in [0.15, 0.2) is 42.6 Å². The van der Waals surface area contributed by atoms with E-state index in [9.17, 15) is 14.9 Å². The highest BCUT2D eigenvalue weighted by atomic mass is 16.6. The molecule has 0 saturated carbocycles. The standard InChI is InChI=1S/C15H14N4O4/c20-15-18(7-8-23-15)12-4-1-3-11(9-12)10-17-14-13(19(21)22)5-2-6-16-14/h1-6,9H,7-8,10H2,(H,16,17). The van der Waals surface area contributed by atoms with Gasteiger partial charge in [-0.3, -0.25) is 15.0 Å². The predicted molar refractivity (Wildman–Crippen MR) is 83.4 cm³/mol. The second-order valence-corrected chi connectivity index (χ2v) is 4.92. The molecule has 1 aliphatic heterocycles. The highest BCUT2D eigenvalue weighted by Gasteiger charge is 2.23. The number of carbonyl (C=O) groups is 1. The zero-order valence-corrected chi connectivity index (χ0v) is 12.1. The van der Waals surface area contributed by atoms with Gasteiger partial charge in [-0.2, -0.15) is 0 Å². The lowest BCUT2D eigenvalue weighted by atomic mass is 10.2. The third kappa shape index (κ3) is 3.20. The van der Waals surface area contributed by atoms with Gasteiger partial charge in [-0.25, -0.2) is 9.78 Å². The van der Waals surface area contributed by atoms with Crippen molar-refractivity contribution in [2.24, 2.45) is 0 Å². The molecule has 0 bridgehead atoms. The smallest absolute Gasteiger partial charge is 0.414 e. The Labute approximate surface area is 131 Å². The number of nitro groups is 1. The van der Waals surface area contributed by atoms with Crippen LogP contribution in [0.5, 0.6) is 0 Å². The normalized spacial score (nSPS) is 13.7.